The van der Waals surface area contributed by atoms with Crippen LogP contribution in [0, 0.1) is 0 Å². The molecule has 0 aromatic carbocycles. The Hall–Kier alpha value is -1.17. The molecular weight excluding hydrogens is 679 g/mol. The Bertz CT molecular complexity index is 878. The van der Waals surface area contributed by atoms with E-state index in [9.17, 15) is 18.9 Å². The highest BCUT2D eigenvalue weighted by molar-refractivity contribution is 7.99. The summed E-state index contributed by atoms with van der Waals surface area (Å²) in [6.45, 7) is 5.46. The summed E-state index contributed by atoms with van der Waals surface area (Å²) in [4.78, 5) is 55.3. The molecule has 0 aromatic heterocycles. The van der Waals surface area contributed by atoms with Crippen LogP contribution in [0.3, 0.4) is 0 Å². The second-order valence-corrected chi connectivity index (χ2v) is 16.4. The van der Waals surface area contributed by atoms with Gasteiger partial charge in [-0.2, -0.15) is 11.8 Å². The van der Waals surface area contributed by atoms with E-state index in [1.54, 1.807) is 0 Å². The highest BCUT2D eigenvalue weighted by atomic mass is 32.2. The van der Waals surface area contributed by atoms with Gasteiger partial charge in [0.1, 0.15) is 12.7 Å². The van der Waals surface area contributed by atoms with Gasteiger partial charge >= 0.3 is 19.5 Å². The number of carbonyl (C=O) groups excluding carboxylic acids is 3. The first-order valence-electron chi connectivity index (χ1n) is 19.7. The van der Waals surface area contributed by atoms with Crippen LogP contribution in [-0.2, 0) is 33.2 Å². The second kappa shape index (κ2) is 34.9. The lowest BCUT2D eigenvalue weighted by atomic mass is 10.1. The number of ether oxygens (including phenoxy) is 3. The first-order valence-corrected chi connectivity index (χ1v) is 22.6. The molecule has 0 unspecified atom stereocenters. The molecule has 5 N–H and O–H groups in total. The Kier molecular flexibility index (Phi) is 34.1. The molecular formula is C37H73N2O9PS. The molecule has 0 rings (SSSR count). The van der Waals surface area contributed by atoms with Gasteiger partial charge in [-0.3, -0.25) is 18.9 Å². The molecule has 11 nitrogen and oxygen atoms in total. The Labute approximate surface area is 308 Å². The fraction of sp³-hybridized carbons (Fsp3) is 0.919. The largest absolute Gasteiger partial charge is 0.462 e. The normalized spacial score (nSPS) is 12.8. The maximum Gasteiger partial charge on any atom is 0.326 e. The highest BCUT2D eigenvalue weighted by Gasteiger charge is 2.19. The molecule has 0 aliphatic carbocycles. The van der Waals surface area contributed by atoms with Gasteiger partial charge < -0.3 is 35.0 Å². The monoisotopic (exact) mass is 752 g/mol. The first-order chi connectivity index (χ1) is 24.1. The van der Waals surface area contributed by atoms with Crippen LogP contribution in [-0.4, -0.2) is 83.8 Å². The molecule has 0 radical (unpaired) electrons. The van der Waals surface area contributed by atoms with Gasteiger partial charge in [0, 0.05) is 30.9 Å². The second-order valence-electron chi connectivity index (χ2n) is 13.4. The quantitative estimate of drug-likeness (QED) is 0.0277. The Morgan fingerprint density at radius 1 is 0.700 bits per heavy atom. The number of carbonyl (C=O) groups is 3. The van der Waals surface area contributed by atoms with Gasteiger partial charge in [-0.25, -0.2) is 0 Å². The van der Waals surface area contributed by atoms with Crippen molar-refractivity contribution in [1.29, 1.82) is 0 Å². The van der Waals surface area contributed by atoms with Crippen molar-refractivity contribution >= 4 is 37.2 Å². The lowest BCUT2D eigenvalue weighted by Crippen LogP contribution is -2.42. The molecule has 0 aromatic rings. The summed E-state index contributed by atoms with van der Waals surface area (Å²) in [5.41, 5.74) is 6.10. The summed E-state index contributed by atoms with van der Waals surface area (Å²) in [7, 11) is -3.96. The van der Waals surface area contributed by atoms with Crippen molar-refractivity contribution in [3.05, 3.63) is 0 Å². The number of rotatable bonds is 37. The van der Waals surface area contributed by atoms with E-state index in [0.717, 1.165) is 38.5 Å². The number of amides is 1. The van der Waals surface area contributed by atoms with Crippen molar-refractivity contribution < 1.29 is 42.9 Å². The Morgan fingerprint density at radius 2 is 1.22 bits per heavy atom. The lowest BCUT2D eigenvalue weighted by Gasteiger charge is -2.19. The fourth-order valence-corrected chi connectivity index (χ4v) is 7.33. The fourth-order valence-electron chi connectivity index (χ4n) is 5.42. The SMILES string of the molecule is CCCCCCCCCCCC(=O)OC[C@@H](CCC[C@@H](N)C(=O)NCCOCCSCCP(=O)(O)O)OC(=O)CCCCCCCCCCC. The number of unbranched alkanes of at least 4 members (excludes halogenated alkanes) is 16. The predicted octanol–water partition coefficient (Wildman–Crippen LogP) is 7.82. The predicted molar refractivity (Wildman–Crippen MR) is 204 cm³/mol. The van der Waals surface area contributed by atoms with E-state index >= 15 is 0 Å². The zero-order valence-corrected chi connectivity index (χ0v) is 33.3. The summed E-state index contributed by atoms with van der Waals surface area (Å²) < 4.78 is 27.6. The van der Waals surface area contributed by atoms with Crippen LogP contribution in [0.2, 0.25) is 0 Å². The zero-order chi connectivity index (χ0) is 37.1. The van der Waals surface area contributed by atoms with Crippen LogP contribution in [0.15, 0.2) is 0 Å². The minimum absolute atomic E-state index is 0.0101. The van der Waals surface area contributed by atoms with Gasteiger partial charge in [0.25, 0.3) is 0 Å². The molecule has 0 heterocycles. The molecule has 13 heteroatoms. The van der Waals surface area contributed by atoms with Crippen LogP contribution < -0.4 is 11.1 Å². The average Bonchev–Trinajstić information content (AvgIpc) is 3.07. The minimum atomic E-state index is -3.96. The molecule has 0 fully saturated rings. The van der Waals surface area contributed by atoms with Gasteiger partial charge in [0.05, 0.1) is 25.4 Å². The molecule has 50 heavy (non-hydrogen) atoms. The Balaban J connectivity index is 4.44. The maximum atomic E-state index is 12.7. The van der Waals surface area contributed by atoms with E-state index < -0.39 is 19.7 Å². The number of esters is 2. The number of thioether (sulfide) groups is 1. The van der Waals surface area contributed by atoms with E-state index in [2.05, 4.69) is 19.2 Å². The van der Waals surface area contributed by atoms with Gasteiger partial charge in [-0.1, -0.05) is 117 Å². The van der Waals surface area contributed by atoms with Crippen molar-refractivity contribution in [3.63, 3.8) is 0 Å². The van der Waals surface area contributed by atoms with Crippen molar-refractivity contribution in [3.8, 4) is 0 Å². The lowest BCUT2D eigenvalue weighted by molar-refractivity contribution is -0.159. The van der Waals surface area contributed by atoms with Crippen LogP contribution >= 0.6 is 19.4 Å². The van der Waals surface area contributed by atoms with E-state index in [4.69, 9.17) is 29.7 Å². The molecule has 0 saturated carbocycles. The van der Waals surface area contributed by atoms with Crippen molar-refractivity contribution in [2.24, 2.45) is 5.73 Å². The molecule has 1 amide bonds. The van der Waals surface area contributed by atoms with Crippen molar-refractivity contribution in [1.82, 2.24) is 5.32 Å². The molecule has 0 saturated heterocycles. The summed E-state index contributed by atoms with van der Waals surface area (Å²) in [5, 5.41) is 2.75. The molecule has 296 valence electrons. The van der Waals surface area contributed by atoms with E-state index in [-0.39, 0.29) is 30.6 Å². The van der Waals surface area contributed by atoms with Crippen LogP contribution in [0.1, 0.15) is 162 Å². The molecule has 0 aliphatic heterocycles. The minimum Gasteiger partial charge on any atom is -0.462 e. The number of hydrogen-bond donors (Lipinski definition) is 4. The summed E-state index contributed by atoms with van der Waals surface area (Å²) in [6, 6.07) is -0.731. The third-order valence-electron chi connectivity index (χ3n) is 8.52. The highest BCUT2D eigenvalue weighted by Crippen LogP contribution is 2.34. The first kappa shape index (κ1) is 48.8. The van der Waals surface area contributed by atoms with Crippen molar-refractivity contribution in [2.75, 3.05) is 44.0 Å². The number of nitrogens with two attached hydrogens (primary N) is 1. The number of nitrogens with one attached hydrogen (secondary N) is 1. The smallest absolute Gasteiger partial charge is 0.326 e. The van der Waals surface area contributed by atoms with Gasteiger partial charge in [-0.05, 0) is 32.1 Å². The van der Waals surface area contributed by atoms with E-state index in [1.165, 1.54) is 88.8 Å². The zero-order valence-electron chi connectivity index (χ0n) is 31.6. The van der Waals surface area contributed by atoms with Crippen molar-refractivity contribution in [2.45, 2.75) is 174 Å². The topological polar surface area (TPSA) is 174 Å². The van der Waals surface area contributed by atoms with Crippen LogP contribution in [0.25, 0.3) is 0 Å². The molecule has 0 aliphatic rings. The third kappa shape index (κ3) is 35.2. The summed E-state index contributed by atoms with van der Waals surface area (Å²) >= 11 is 1.40. The third-order valence-corrected chi connectivity index (χ3v) is 10.6. The Morgan fingerprint density at radius 3 is 1.76 bits per heavy atom. The van der Waals surface area contributed by atoms with Gasteiger partial charge in [-0.15, -0.1) is 0 Å². The van der Waals surface area contributed by atoms with Crippen LogP contribution in [0.4, 0.5) is 0 Å². The van der Waals surface area contributed by atoms with Crippen LogP contribution in [0.5, 0.6) is 0 Å². The standard InChI is InChI=1S/C37H73N2O9PS/c1-3-5-7-9-11-13-15-17-19-24-35(40)47-32-33(48-36(41)25-20-18-16-14-12-10-8-6-4-2)22-21-23-34(38)37(42)39-26-27-46-28-30-50-31-29-49(43,44)45/h33-34H,3-32,38H2,1-2H3,(H,39,42)(H2,43,44,45)/t33-,34-/m1/s1. The molecule has 0 bridgehead atoms. The molecule has 0 spiro atoms. The number of hydrogen-bond acceptors (Lipinski definition) is 9. The maximum absolute atomic E-state index is 12.7. The van der Waals surface area contributed by atoms with E-state index in [1.807, 2.05) is 0 Å². The van der Waals surface area contributed by atoms with E-state index in [0.29, 0.717) is 63.4 Å². The summed E-state index contributed by atoms with van der Waals surface area (Å²) in [6.07, 6.45) is 22.3. The summed E-state index contributed by atoms with van der Waals surface area (Å²) in [5.74, 6) is 0.116. The van der Waals surface area contributed by atoms with Gasteiger partial charge in [0.2, 0.25) is 5.91 Å². The molecule has 2 atom stereocenters. The van der Waals surface area contributed by atoms with Gasteiger partial charge in [0.15, 0.2) is 0 Å². The average molecular weight is 753 g/mol.